The molecule has 0 atom stereocenters. The van der Waals surface area contributed by atoms with Crippen LogP contribution < -0.4 is 21.7 Å². The number of urea groups is 1. The zero-order valence-corrected chi connectivity index (χ0v) is 25.2. The smallest absolute Gasteiger partial charge is 0.352 e. The van der Waals surface area contributed by atoms with Crippen molar-refractivity contribution in [2.24, 2.45) is 24.6 Å². The maximum absolute atomic E-state index is 13.8. The lowest BCUT2D eigenvalue weighted by Crippen LogP contribution is -2.60. The van der Waals surface area contributed by atoms with Crippen LogP contribution in [0, 0.1) is 11.8 Å². The van der Waals surface area contributed by atoms with Crippen LogP contribution >= 0.6 is 11.6 Å². The fraction of sp³-hybridized carbons (Fsp3) is 0.483. The number of nitrogens with one attached hydrogen (secondary N) is 3. The van der Waals surface area contributed by atoms with E-state index in [1.54, 1.807) is 4.90 Å². The zero-order chi connectivity index (χ0) is 32.0. The van der Waals surface area contributed by atoms with E-state index in [1.807, 2.05) is 0 Å². The lowest BCUT2D eigenvalue weighted by atomic mass is 9.88. The van der Waals surface area contributed by atoms with Crippen LogP contribution in [0.1, 0.15) is 52.4 Å². The topological polar surface area (TPSA) is 152 Å². The van der Waals surface area contributed by atoms with E-state index < -0.39 is 23.7 Å². The molecule has 240 valence electrons. The standard InChI is InChI=1S/C29H33ClF3N9O3/c1-40-23(21-14-42(13-15-2-3-15)39-24(21)29(31,32)33)10-35-25(40)27(44)37-18-4-5-20(22(30)8-18)26(43)36-9-16-11-41(12-16)28(45)38-19-6-17(34)7-19/h4-5,8,10,14-17,19H,2-3,6-7,9,11-13,34H2,1H3,(H,36,43)(H,37,44)(H,38,45)/t17-,19+. The van der Waals surface area contributed by atoms with Gasteiger partial charge in [-0.2, -0.15) is 18.3 Å². The predicted octanol–water partition coefficient (Wildman–Crippen LogP) is 3.48. The number of nitrogens with two attached hydrogens (primary N) is 1. The number of amides is 4. The van der Waals surface area contributed by atoms with E-state index in [0.717, 1.165) is 25.7 Å². The Labute approximate surface area is 261 Å². The SMILES string of the molecule is Cn1c(-c2cn(CC3CC3)nc2C(F)(F)F)cnc1C(=O)Nc1ccc(C(=O)NCC2CN(C(=O)N[C@H]3C[C@@H](N)C3)C2)c(Cl)c1. The number of aromatic nitrogens is 4. The minimum absolute atomic E-state index is 0.0945. The van der Waals surface area contributed by atoms with Gasteiger partial charge in [0.05, 0.1) is 28.0 Å². The highest BCUT2D eigenvalue weighted by atomic mass is 35.5. The lowest BCUT2D eigenvalue weighted by Gasteiger charge is -2.41. The first-order valence-corrected chi connectivity index (χ1v) is 15.1. The van der Waals surface area contributed by atoms with Crippen molar-refractivity contribution in [3.63, 3.8) is 0 Å². The molecule has 0 bridgehead atoms. The second-order valence-electron chi connectivity index (χ2n) is 12.1. The zero-order valence-electron chi connectivity index (χ0n) is 24.4. The minimum Gasteiger partial charge on any atom is -0.352 e. The molecule has 16 heteroatoms. The Kier molecular flexibility index (Phi) is 8.24. The van der Waals surface area contributed by atoms with Gasteiger partial charge >= 0.3 is 12.2 Å². The molecule has 2 aliphatic carbocycles. The van der Waals surface area contributed by atoms with E-state index in [4.69, 9.17) is 17.3 Å². The average Bonchev–Trinajstić information content (AvgIpc) is 3.50. The second-order valence-corrected chi connectivity index (χ2v) is 12.5. The second kappa shape index (κ2) is 12.0. The fourth-order valence-corrected chi connectivity index (χ4v) is 5.82. The van der Waals surface area contributed by atoms with Gasteiger partial charge < -0.3 is 31.2 Å². The Bertz CT molecular complexity index is 1620. The van der Waals surface area contributed by atoms with Gasteiger partial charge in [0.1, 0.15) is 0 Å². The highest BCUT2D eigenvalue weighted by Crippen LogP contribution is 2.38. The number of nitrogens with zero attached hydrogens (tertiary/aromatic N) is 5. The Balaban J connectivity index is 1.04. The normalized spacial score (nSPS) is 19.9. The quantitative estimate of drug-likeness (QED) is 0.279. The molecule has 0 radical (unpaired) electrons. The third-order valence-electron chi connectivity index (χ3n) is 8.41. The van der Waals surface area contributed by atoms with Crippen molar-refractivity contribution in [1.29, 1.82) is 0 Å². The number of rotatable bonds is 9. The number of benzene rings is 1. The summed E-state index contributed by atoms with van der Waals surface area (Å²) in [5.41, 5.74) is 5.13. The van der Waals surface area contributed by atoms with Crippen LogP contribution in [0.4, 0.5) is 23.7 Å². The highest BCUT2D eigenvalue weighted by Gasteiger charge is 2.39. The van der Waals surface area contributed by atoms with E-state index in [0.29, 0.717) is 32.1 Å². The first-order chi connectivity index (χ1) is 21.4. The molecule has 0 spiro atoms. The molecule has 45 heavy (non-hydrogen) atoms. The number of anilines is 1. The van der Waals surface area contributed by atoms with E-state index in [1.165, 1.54) is 46.9 Å². The number of carbonyl (C=O) groups is 3. The molecule has 1 aromatic carbocycles. The summed E-state index contributed by atoms with van der Waals surface area (Å²) in [6.07, 6.45) is 1.35. The molecule has 6 rings (SSSR count). The summed E-state index contributed by atoms with van der Waals surface area (Å²) >= 11 is 6.36. The van der Waals surface area contributed by atoms with Gasteiger partial charge in [0.25, 0.3) is 11.8 Å². The fourth-order valence-electron chi connectivity index (χ4n) is 5.55. The third-order valence-corrected chi connectivity index (χ3v) is 8.72. The Hall–Kier alpha value is -4.11. The number of hydrogen-bond acceptors (Lipinski definition) is 6. The van der Waals surface area contributed by atoms with Crippen LogP contribution in [-0.2, 0) is 19.8 Å². The first-order valence-electron chi connectivity index (χ1n) is 14.7. The van der Waals surface area contributed by atoms with Crippen molar-refractivity contribution < 1.29 is 27.6 Å². The summed E-state index contributed by atoms with van der Waals surface area (Å²) in [5.74, 6) is -0.759. The van der Waals surface area contributed by atoms with Crippen LogP contribution in [-0.4, -0.2) is 73.8 Å². The Morgan fingerprint density at radius 3 is 2.49 bits per heavy atom. The van der Waals surface area contributed by atoms with Crippen LogP contribution in [0.25, 0.3) is 11.3 Å². The maximum atomic E-state index is 13.8. The monoisotopic (exact) mass is 647 g/mol. The summed E-state index contributed by atoms with van der Waals surface area (Å²) in [4.78, 5) is 43.8. The number of hydrogen-bond donors (Lipinski definition) is 4. The van der Waals surface area contributed by atoms with E-state index in [9.17, 15) is 27.6 Å². The Morgan fingerprint density at radius 1 is 1.11 bits per heavy atom. The summed E-state index contributed by atoms with van der Waals surface area (Å²) in [5, 5.41) is 12.3. The summed E-state index contributed by atoms with van der Waals surface area (Å²) in [7, 11) is 1.45. The highest BCUT2D eigenvalue weighted by molar-refractivity contribution is 6.34. The molecule has 2 saturated carbocycles. The Morgan fingerprint density at radius 2 is 1.84 bits per heavy atom. The molecule has 3 aromatic rings. The molecule has 1 aliphatic heterocycles. The first kappa shape index (κ1) is 30.9. The third kappa shape index (κ3) is 6.78. The van der Waals surface area contributed by atoms with E-state index in [2.05, 4.69) is 26.0 Å². The van der Waals surface area contributed by atoms with E-state index in [-0.39, 0.29) is 57.4 Å². The van der Waals surface area contributed by atoms with Gasteiger partial charge in [-0.25, -0.2) is 9.78 Å². The molecule has 1 saturated heterocycles. The summed E-state index contributed by atoms with van der Waals surface area (Å²) in [6.45, 7) is 1.82. The van der Waals surface area contributed by atoms with Crippen LogP contribution in [0.2, 0.25) is 5.02 Å². The van der Waals surface area contributed by atoms with Gasteiger partial charge in [-0.15, -0.1) is 0 Å². The average molecular weight is 648 g/mol. The van der Waals surface area contributed by atoms with Gasteiger partial charge in [0, 0.05) is 63.1 Å². The number of carbonyl (C=O) groups excluding carboxylic acids is 3. The molecular weight excluding hydrogens is 615 g/mol. The molecular formula is C29H33ClF3N9O3. The summed E-state index contributed by atoms with van der Waals surface area (Å²) < 4.78 is 43.9. The molecule has 3 aliphatic rings. The molecule has 2 aromatic heterocycles. The number of halogens is 4. The van der Waals surface area contributed by atoms with Gasteiger partial charge in [-0.1, -0.05) is 11.6 Å². The molecule has 0 unspecified atom stereocenters. The predicted molar refractivity (Wildman–Crippen MR) is 158 cm³/mol. The van der Waals surface area contributed by atoms with Crippen molar-refractivity contribution in [1.82, 2.24) is 34.9 Å². The van der Waals surface area contributed by atoms with Crippen molar-refractivity contribution in [3.05, 3.63) is 52.7 Å². The molecule has 5 N–H and O–H groups in total. The van der Waals surface area contributed by atoms with Crippen molar-refractivity contribution >= 4 is 35.1 Å². The van der Waals surface area contributed by atoms with Gasteiger partial charge in [-0.3, -0.25) is 14.3 Å². The van der Waals surface area contributed by atoms with Crippen LogP contribution in [0.5, 0.6) is 0 Å². The van der Waals surface area contributed by atoms with Gasteiger partial charge in [0.15, 0.2) is 11.5 Å². The number of likely N-dealkylation sites (tertiary alicyclic amines) is 1. The van der Waals surface area contributed by atoms with Crippen LogP contribution in [0.3, 0.4) is 0 Å². The lowest BCUT2D eigenvalue weighted by molar-refractivity contribution is -0.141. The number of alkyl halides is 3. The molecule has 4 amide bonds. The van der Waals surface area contributed by atoms with Crippen LogP contribution in [0.15, 0.2) is 30.6 Å². The largest absolute Gasteiger partial charge is 0.435 e. The van der Waals surface area contributed by atoms with Crippen molar-refractivity contribution in [3.8, 4) is 11.3 Å². The van der Waals surface area contributed by atoms with Crippen molar-refractivity contribution in [2.75, 3.05) is 25.0 Å². The summed E-state index contributed by atoms with van der Waals surface area (Å²) in [6, 6.07) is 4.52. The van der Waals surface area contributed by atoms with E-state index >= 15 is 0 Å². The van der Waals surface area contributed by atoms with Gasteiger partial charge in [0.2, 0.25) is 0 Å². The number of imidazole rings is 1. The van der Waals surface area contributed by atoms with Crippen molar-refractivity contribution in [2.45, 2.75) is 50.5 Å². The minimum atomic E-state index is -4.68. The maximum Gasteiger partial charge on any atom is 0.435 e. The molecule has 12 nitrogen and oxygen atoms in total. The van der Waals surface area contributed by atoms with Gasteiger partial charge in [-0.05, 0) is 49.8 Å². The molecule has 3 heterocycles. The molecule has 3 fully saturated rings.